The summed E-state index contributed by atoms with van der Waals surface area (Å²) in [5.74, 6) is -0.413. The number of carbonyl (C=O) groups is 2. The van der Waals surface area contributed by atoms with Crippen LogP contribution in [0.5, 0.6) is 0 Å². The first-order chi connectivity index (χ1) is 8.56. The SMILES string of the molecule is Cc1ccc(CNC2CCC(=O)NC2=O)c(Br)c1. The number of carbonyl (C=O) groups excluding carboxylic acids is 2. The van der Waals surface area contributed by atoms with Gasteiger partial charge >= 0.3 is 0 Å². The van der Waals surface area contributed by atoms with Gasteiger partial charge in [0.1, 0.15) is 0 Å². The topological polar surface area (TPSA) is 58.2 Å². The standard InChI is InChI=1S/C13H15BrN2O2/c1-8-2-3-9(10(14)6-8)7-15-11-4-5-12(17)16-13(11)18/h2-3,6,11,15H,4-5,7H2,1H3,(H,16,17,18). The molecular formula is C13H15BrN2O2. The molecule has 0 spiro atoms. The Morgan fingerprint density at radius 2 is 2.22 bits per heavy atom. The Bertz CT molecular complexity index is 488. The molecule has 1 saturated heterocycles. The maximum atomic E-state index is 11.6. The Morgan fingerprint density at radius 1 is 1.44 bits per heavy atom. The van der Waals surface area contributed by atoms with Crippen LogP contribution in [-0.2, 0) is 16.1 Å². The summed E-state index contributed by atoms with van der Waals surface area (Å²) in [4.78, 5) is 22.6. The van der Waals surface area contributed by atoms with Gasteiger partial charge in [-0.25, -0.2) is 0 Å². The molecule has 1 aromatic carbocycles. The highest BCUT2D eigenvalue weighted by molar-refractivity contribution is 9.10. The molecule has 1 aromatic rings. The zero-order valence-corrected chi connectivity index (χ0v) is 11.7. The number of nitrogens with one attached hydrogen (secondary N) is 2. The average Bonchev–Trinajstić information content (AvgIpc) is 2.30. The minimum absolute atomic E-state index is 0.186. The van der Waals surface area contributed by atoms with E-state index >= 15 is 0 Å². The molecule has 4 nitrogen and oxygen atoms in total. The van der Waals surface area contributed by atoms with Crippen LogP contribution in [0.3, 0.4) is 0 Å². The van der Waals surface area contributed by atoms with Crippen LogP contribution in [0.2, 0.25) is 0 Å². The number of aryl methyl sites for hydroxylation is 1. The fraction of sp³-hybridized carbons (Fsp3) is 0.385. The Kier molecular flexibility index (Phi) is 4.14. The molecule has 0 saturated carbocycles. The van der Waals surface area contributed by atoms with E-state index < -0.39 is 0 Å². The molecule has 0 aromatic heterocycles. The van der Waals surface area contributed by atoms with E-state index in [2.05, 4.69) is 26.6 Å². The zero-order chi connectivity index (χ0) is 13.1. The zero-order valence-electron chi connectivity index (χ0n) is 10.1. The first-order valence-corrected chi connectivity index (χ1v) is 6.67. The first-order valence-electron chi connectivity index (χ1n) is 5.88. The third-order valence-electron chi connectivity index (χ3n) is 2.99. The van der Waals surface area contributed by atoms with Crippen molar-refractivity contribution in [3.63, 3.8) is 0 Å². The lowest BCUT2D eigenvalue weighted by molar-refractivity contribution is -0.134. The van der Waals surface area contributed by atoms with E-state index in [1.54, 1.807) is 0 Å². The van der Waals surface area contributed by atoms with Crippen LogP contribution in [0.15, 0.2) is 22.7 Å². The lowest BCUT2D eigenvalue weighted by Crippen LogP contribution is -2.50. The Balaban J connectivity index is 1.95. The van der Waals surface area contributed by atoms with Crippen molar-refractivity contribution in [1.29, 1.82) is 0 Å². The van der Waals surface area contributed by atoms with Gasteiger partial charge in [0, 0.05) is 17.4 Å². The van der Waals surface area contributed by atoms with Crippen molar-refractivity contribution < 1.29 is 9.59 Å². The van der Waals surface area contributed by atoms with Crippen molar-refractivity contribution in [2.45, 2.75) is 32.4 Å². The van der Waals surface area contributed by atoms with Gasteiger partial charge in [0.05, 0.1) is 6.04 Å². The van der Waals surface area contributed by atoms with E-state index in [-0.39, 0.29) is 17.9 Å². The number of benzene rings is 1. The first kappa shape index (κ1) is 13.2. The summed E-state index contributed by atoms with van der Waals surface area (Å²) in [5.41, 5.74) is 2.29. The molecule has 0 bridgehead atoms. The number of imide groups is 1. The van der Waals surface area contributed by atoms with Gasteiger partial charge in [-0.3, -0.25) is 14.9 Å². The molecule has 0 aliphatic carbocycles. The summed E-state index contributed by atoms with van der Waals surface area (Å²) in [6.45, 7) is 2.63. The van der Waals surface area contributed by atoms with Gasteiger partial charge in [0.2, 0.25) is 11.8 Å². The van der Waals surface area contributed by atoms with Gasteiger partial charge in [-0.15, -0.1) is 0 Å². The second-order valence-electron chi connectivity index (χ2n) is 4.48. The third-order valence-corrected chi connectivity index (χ3v) is 3.72. The molecule has 0 radical (unpaired) electrons. The number of piperidine rings is 1. The molecule has 1 fully saturated rings. The number of rotatable bonds is 3. The predicted octanol–water partition coefficient (Wildman–Crippen LogP) is 1.65. The Morgan fingerprint density at radius 3 is 2.89 bits per heavy atom. The van der Waals surface area contributed by atoms with Crippen LogP contribution < -0.4 is 10.6 Å². The molecule has 2 rings (SSSR count). The maximum Gasteiger partial charge on any atom is 0.243 e. The van der Waals surface area contributed by atoms with Crippen LogP contribution in [0.4, 0.5) is 0 Å². The second kappa shape index (κ2) is 5.63. The van der Waals surface area contributed by atoms with E-state index in [0.717, 1.165) is 10.0 Å². The summed E-state index contributed by atoms with van der Waals surface area (Å²) < 4.78 is 1.03. The number of amides is 2. The van der Waals surface area contributed by atoms with E-state index in [9.17, 15) is 9.59 Å². The lowest BCUT2D eigenvalue weighted by Gasteiger charge is -2.22. The molecule has 2 amide bonds. The summed E-state index contributed by atoms with van der Waals surface area (Å²) >= 11 is 3.50. The van der Waals surface area contributed by atoms with Crippen molar-refractivity contribution in [2.75, 3.05) is 0 Å². The molecule has 2 N–H and O–H groups in total. The molecule has 96 valence electrons. The fourth-order valence-electron chi connectivity index (χ4n) is 1.92. The summed E-state index contributed by atoms with van der Waals surface area (Å²) in [6.07, 6.45) is 0.965. The largest absolute Gasteiger partial charge is 0.302 e. The normalized spacial score (nSPS) is 19.8. The smallest absolute Gasteiger partial charge is 0.243 e. The quantitative estimate of drug-likeness (QED) is 0.835. The monoisotopic (exact) mass is 310 g/mol. The van der Waals surface area contributed by atoms with Gasteiger partial charge in [0.25, 0.3) is 0 Å². The van der Waals surface area contributed by atoms with Gasteiger partial charge in [-0.05, 0) is 30.5 Å². The maximum absolute atomic E-state index is 11.6. The van der Waals surface area contributed by atoms with Crippen molar-refractivity contribution in [3.8, 4) is 0 Å². The minimum Gasteiger partial charge on any atom is -0.302 e. The second-order valence-corrected chi connectivity index (χ2v) is 5.33. The van der Waals surface area contributed by atoms with E-state index in [4.69, 9.17) is 0 Å². The van der Waals surface area contributed by atoms with Gasteiger partial charge in [0.15, 0.2) is 0 Å². The average molecular weight is 311 g/mol. The van der Waals surface area contributed by atoms with Crippen LogP contribution in [0.25, 0.3) is 0 Å². The highest BCUT2D eigenvalue weighted by atomic mass is 79.9. The van der Waals surface area contributed by atoms with Crippen LogP contribution in [-0.4, -0.2) is 17.9 Å². The van der Waals surface area contributed by atoms with Crippen molar-refractivity contribution in [1.82, 2.24) is 10.6 Å². The molecule has 5 heteroatoms. The molecule has 1 heterocycles. The Labute approximate surface area is 114 Å². The number of halogens is 1. The number of hydrogen-bond donors (Lipinski definition) is 2. The van der Waals surface area contributed by atoms with E-state index in [1.165, 1.54) is 5.56 Å². The number of hydrogen-bond acceptors (Lipinski definition) is 3. The summed E-state index contributed by atoms with van der Waals surface area (Å²) in [6, 6.07) is 5.82. The Hall–Kier alpha value is -1.20. The minimum atomic E-state index is -0.282. The van der Waals surface area contributed by atoms with Crippen LogP contribution in [0, 0.1) is 6.92 Å². The molecule has 18 heavy (non-hydrogen) atoms. The van der Waals surface area contributed by atoms with Crippen LogP contribution in [0.1, 0.15) is 24.0 Å². The van der Waals surface area contributed by atoms with Crippen molar-refractivity contribution in [3.05, 3.63) is 33.8 Å². The molecule has 1 atom stereocenters. The molecular weight excluding hydrogens is 296 g/mol. The summed E-state index contributed by atoms with van der Waals surface area (Å²) in [7, 11) is 0. The van der Waals surface area contributed by atoms with Gasteiger partial charge in [-0.1, -0.05) is 28.1 Å². The fourth-order valence-corrected chi connectivity index (χ4v) is 2.55. The van der Waals surface area contributed by atoms with Crippen LogP contribution >= 0.6 is 15.9 Å². The van der Waals surface area contributed by atoms with Crippen molar-refractivity contribution >= 4 is 27.7 Å². The molecule has 1 aliphatic heterocycles. The van der Waals surface area contributed by atoms with E-state index in [1.807, 2.05) is 25.1 Å². The highest BCUT2D eigenvalue weighted by Crippen LogP contribution is 2.18. The van der Waals surface area contributed by atoms with E-state index in [0.29, 0.717) is 19.4 Å². The molecule has 1 aliphatic rings. The highest BCUT2D eigenvalue weighted by Gasteiger charge is 2.25. The van der Waals surface area contributed by atoms with Crippen molar-refractivity contribution in [2.24, 2.45) is 0 Å². The third kappa shape index (κ3) is 3.17. The van der Waals surface area contributed by atoms with Gasteiger partial charge in [-0.2, -0.15) is 0 Å². The lowest BCUT2D eigenvalue weighted by atomic mass is 10.1. The molecule has 1 unspecified atom stereocenters. The summed E-state index contributed by atoms with van der Waals surface area (Å²) in [5, 5.41) is 5.51. The van der Waals surface area contributed by atoms with Gasteiger partial charge < -0.3 is 5.32 Å². The predicted molar refractivity (Wildman–Crippen MR) is 71.9 cm³/mol.